The quantitative estimate of drug-likeness (QED) is 0.553. The molecule has 3 N–H and O–H groups in total. The number of carbonyl (C=O) groups is 3. The standard InChI is InChI=1S/C20H20FN3O.C2H2O4/c21-17-7-5-15(6-8-17)20(25)24-11-9-23(10-12-24)14-16-13-22-19-4-2-1-3-18(16)19;3-1(4)2(5)6/h1-8,13,22H,9-12,14H2;(H,3,4)(H,5,6). The summed E-state index contributed by atoms with van der Waals surface area (Å²) in [6.45, 7) is 3.94. The molecule has 1 aliphatic heterocycles. The molecule has 1 aliphatic rings. The van der Waals surface area contributed by atoms with E-state index in [1.807, 2.05) is 11.0 Å². The maximum Gasteiger partial charge on any atom is 0.414 e. The molecule has 3 aromatic rings. The molecule has 0 aliphatic carbocycles. The van der Waals surface area contributed by atoms with Gasteiger partial charge in [0.2, 0.25) is 0 Å². The third-order valence-corrected chi connectivity index (χ3v) is 5.00. The first kappa shape index (κ1) is 22.0. The minimum absolute atomic E-state index is 0.0215. The van der Waals surface area contributed by atoms with Gasteiger partial charge in [-0.3, -0.25) is 9.69 Å². The third kappa shape index (κ3) is 5.67. The van der Waals surface area contributed by atoms with Gasteiger partial charge in [-0.2, -0.15) is 0 Å². The molecule has 162 valence electrons. The van der Waals surface area contributed by atoms with Gasteiger partial charge >= 0.3 is 11.9 Å². The van der Waals surface area contributed by atoms with Gasteiger partial charge in [-0.15, -0.1) is 0 Å². The van der Waals surface area contributed by atoms with Crippen molar-refractivity contribution < 1.29 is 29.0 Å². The van der Waals surface area contributed by atoms with Crippen molar-refractivity contribution >= 4 is 28.7 Å². The number of benzene rings is 2. The number of hydrogen-bond donors (Lipinski definition) is 3. The maximum absolute atomic E-state index is 13.0. The Morgan fingerprint density at radius 1 is 0.903 bits per heavy atom. The normalized spacial score (nSPS) is 14.0. The van der Waals surface area contributed by atoms with Crippen molar-refractivity contribution in [3.05, 3.63) is 71.7 Å². The summed E-state index contributed by atoms with van der Waals surface area (Å²) in [6.07, 6.45) is 2.07. The molecule has 8 nitrogen and oxygen atoms in total. The lowest BCUT2D eigenvalue weighted by Gasteiger charge is -2.34. The Balaban J connectivity index is 0.000000401. The van der Waals surface area contributed by atoms with Crippen LogP contribution >= 0.6 is 0 Å². The number of H-pyrrole nitrogens is 1. The average Bonchev–Trinajstić information content (AvgIpc) is 3.17. The molecule has 0 atom stereocenters. The Hall–Kier alpha value is -3.72. The first-order valence-electron chi connectivity index (χ1n) is 9.63. The van der Waals surface area contributed by atoms with Crippen LogP contribution in [0.1, 0.15) is 15.9 Å². The van der Waals surface area contributed by atoms with Gasteiger partial charge in [-0.25, -0.2) is 14.0 Å². The van der Waals surface area contributed by atoms with E-state index >= 15 is 0 Å². The van der Waals surface area contributed by atoms with Crippen LogP contribution in [0.3, 0.4) is 0 Å². The van der Waals surface area contributed by atoms with Gasteiger partial charge in [0.25, 0.3) is 5.91 Å². The van der Waals surface area contributed by atoms with Crippen molar-refractivity contribution in [2.24, 2.45) is 0 Å². The van der Waals surface area contributed by atoms with Crippen molar-refractivity contribution in [3.63, 3.8) is 0 Å². The highest BCUT2D eigenvalue weighted by Crippen LogP contribution is 2.20. The molecule has 1 aromatic heterocycles. The zero-order valence-electron chi connectivity index (χ0n) is 16.6. The van der Waals surface area contributed by atoms with Gasteiger partial charge < -0.3 is 20.1 Å². The van der Waals surface area contributed by atoms with E-state index in [0.29, 0.717) is 18.7 Å². The predicted molar refractivity (Wildman–Crippen MR) is 111 cm³/mol. The highest BCUT2D eigenvalue weighted by Gasteiger charge is 2.22. The molecule has 4 rings (SSSR count). The molecule has 2 heterocycles. The van der Waals surface area contributed by atoms with Gasteiger partial charge in [0.15, 0.2) is 0 Å². The minimum Gasteiger partial charge on any atom is -0.473 e. The predicted octanol–water partition coefficient (Wildman–Crippen LogP) is 2.42. The van der Waals surface area contributed by atoms with Crippen molar-refractivity contribution in [3.8, 4) is 0 Å². The Bertz CT molecular complexity index is 1060. The van der Waals surface area contributed by atoms with Crippen LogP contribution in [0.25, 0.3) is 10.9 Å². The Morgan fingerprint density at radius 3 is 2.13 bits per heavy atom. The van der Waals surface area contributed by atoms with E-state index in [9.17, 15) is 9.18 Å². The molecule has 1 amide bonds. The van der Waals surface area contributed by atoms with E-state index in [1.165, 1.54) is 23.1 Å². The average molecular weight is 427 g/mol. The molecule has 9 heteroatoms. The number of aromatic amines is 1. The van der Waals surface area contributed by atoms with Crippen LogP contribution in [0.15, 0.2) is 54.7 Å². The summed E-state index contributed by atoms with van der Waals surface area (Å²) in [5, 5.41) is 16.0. The fourth-order valence-corrected chi connectivity index (χ4v) is 3.39. The molecule has 1 fully saturated rings. The highest BCUT2D eigenvalue weighted by atomic mass is 19.1. The van der Waals surface area contributed by atoms with Crippen LogP contribution in [0.5, 0.6) is 0 Å². The summed E-state index contributed by atoms with van der Waals surface area (Å²) in [5.41, 5.74) is 2.99. The Labute approximate surface area is 177 Å². The number of hydrogen-bond acceptors (Lipinski definition) is 4. The van der Waals surface area contributed by atoms with Gasteiger partial charge in [-0.1, -0.05) is 18.2 Å². The number of halogens is 1. The Morgan fingerprint density at radius 2 is 1.52 bits per heavy atom. The summed E-state index contributed by atoms with van der Waals surface area (Å²) < 4.78 is 13.0. The van der Waals surface area contributed by atoms with Gasteiger partial charge in [0.05, 0.1) is 0 Å². The molecule has 0 spiro atoms. The second-order valence-electron chi connectivity index (χ2n) is 7.05. The number of carbonyl (C=O) groups excluding carboxylic acids is 1. The number of amides is 1. The summed E-state index contributed by atoms with van der Waals surface area (Å²) in [6, 6.07) is 14.1. The molecular formula is C22H22FN3O5. The third-order valence-electron chi connectivity index (χ3n) is 5.00. The van der Waals surface area contributed by atoms with Gasteiger partial charge in [0, 0.05) is 55.4 Å². The maximum atomic E-state index is 13.0. The molecular weight excluding hydrogens is 405 g/mol. The van der Waals surface area contributed by atoms with Crippen molar-refractivity contribution in [2.45, 2.75) is 6.54 Å². The first-order chi connectivity index (χ1) is 14.8. The first-order valence-corrected chi connectivity index (χ1v) is 9.63. The van der Waals surface area contributed by atoms with E-state index < -0.39 is 11.9 Å². The molecule has 31 heavy (non-hydrogen) atoms. The lowest BCUT2D eigenvalue weighted by atomic mass is 10.1. The number of nitrogens with one attached hydrogen (secondary N) is 1. The van der Waals surface area contributed by atoms with E-state index in [4.69, 9.17) is 19.8 Å². The number of fused-ring (bicyclic) bond motifs is 1. The Kier molecular flexibility index (Phi) is 6.99. The number of carboxylic acid groups (broad SMARTS) is 2. The van der Waals surface area contributed by atoms with E-state index in [-0.39, 0.29) is 11.7 Å². The second-order valence-corrected chi connectivity index (χ2v) is 7.05. The number of aliphatic carboxylic acids is 2. The van der Waals surface area contributed by atoms with E-state index in [1.54, 1.807) is 12.1 Å². The lowest BCUT2D eigenvalue weighted by Crippen LogP contribution is -2.48. The molecule has 0 saturated carbocycles. The highest BCUT2D eigenvalue weighted by molar-refractivity contribution is 6.27. The number of rotatable bonds is 3. The number of carboxylic acids is 2. The molecule has 0 unspecified atom stereocenters. The largest absolute Gasteiger partial charge is 0.473 e. The van der Waals surface area contributed by atoms with E-state index in [0.717, 1.165) is 25.2 Å². The van der Waals surface area contributed by atoms with Crippen molar-refractivity contribution in [1.29, 1.82) is 0 Å². The lowest BCUT2D eigenvalue weighted by molar-refractivity contribution is -0.159. The second kappa shape index (κ2) is 9.86. The summed E-state index contributed by atoms with van der Waals surface area (Å²) >= 11 is 0. The zero-order chi connectivity index (χ0) is 22.4. The fraction of sp³-hybridized carbons (Fsp3) is 0.227. The molecule has 0 radical (unpaired) electrons. The topological polar surface area (TPSA) is 114 Å². The van der Waals surface area contributed by atoms with Crippen molar-refractivity contribution in [2.75, 3.05) is 26.2 Å². The number of aromatic nitrogens is 1. The van der Waals surface area contributed by atoms with E-state index in [2.05, 4.69) is 34.3 Å². The summed E-state index contributed by atoms with van der Waals surface area (Å²) in [7, 11) is 0. The molecule has 0 bridgehead atoms. The van der Waals surface area contributed by atoms with Crippen LogP contribution in [0.4, 0.5) is 4.39 Å². The van der Waals surface area contributed by atoms with Crippen LogP contribution in [-0.4, -0.2) is 69.0 Å². The van der Waals surface area contributed by atoms with Crippen LogP contribution in [0, 0.1) is 5.82 Å². The number of para-hydroxylation sites is 1. The van der Waals surface area contributed by atoms with Crippen LogP contribution in [0.2, 0.25) is 0 Å². The van der Waals surface area contributed by atoms with Crippen LogP contribution in [-0.2, 0) is 16.1 Å². The van der Waals surface area contributed by atoms with Crippen LogP contribution < -0.4 is 0 Å². The molecule has 1 saturated heterocycles. The SMILES string of the molecule is O=C(O)C(=O)O.O=C(c1ccc(F)cc1)N1CCN(Cc2c[nH]c3ccccc23)CC1. The zero-order valence-corrected chi connectivity index (χ0v) is 16.6. The fourth-order valence-electron chi connectivity index (χ4n) is 3.39. The number of piperazine rings is 1. The summed E-state index contributed by atoms with van der Waals surface area (Å²) in [4.78, 5) is 38.2. The van der Waals surface area contributed by atoms with Gasteiger partial charge in [-0.05, 0) is 35.9 Å². The van der Waals surface area contributed by atoms with Gasteiger partial charge in [0.1, 0.15) is 5.82 Å². The minimum atomic E-state index is -1.82. The molecule has 2 aromatic carbocycles. The number of nitrogens with zero attached hydrogens (tertiary/aromatic N) is 2. The monoisotopic (exact) mass is 427 g/mol. The summed E-state index contributed by atoms with van der Waals surface area (Å²) in [5.74, 6) is -3.99. The van der Waals surface area contributed by atoms with Crippen molar-refractivity contribution in [1.82, 2.24) is 14.8 Å². The smallest absolute Gasteiger partial charge is 0.414 e.